The third-order valence-corrected chi connectivity index (χ3v) is 2.52. The molecule has 6 N–H and O–H groups in total. The molecular formula is C8H13N5O. The first-order valence-electron chi connectivity index (χ1n) is 4.48. The van der Waals surface area contributed by atoms with Crippen LogP contribution in [0.3, 0.4) is 0 Å². The Hall–Kier alpha value is -1.56. The highest BCUT2D eigenvalue weighted by atomic mass is 16.1. The summed E-state index contributed by atoms with van der Waals surface area (Å²) in [4.78, 5) is 17.5. The molecule has 0 saturated heterocycles. The zero-order valence-electron chi connectivity index (χ0n) is 7.71. The Morgan fingerprint density at radius 2 is 2.36 bits per heavy atom. The molecule has 0 amide bonds. The lowest BCUT2D eigenvalue weighted by Crippen LogP contribution is -2.32. The Balaban J connectivity index is 2.25. The Labute approximate surface area is 80.7 Å². The van der Waals surface area contributed by atoms with Crippen LogP contribution in [0.2, 0.25) is 0 Å². The Bertz CT molecular complexity index is 395. The number of anilines is 2. The van der Waals surface area contributed by atoms with Crippen molar-refractivity contribution in [1.82, 2.24) is 9.97 Å². The van der Waals surface area contributed by atoms with Gasteiger partial charge in [0.25, 0.3) is 5.56 Å². The monoisotopic (exact) mass is 195 g/mol. The van der Waals surface area contributed by atoms with Crippen LogP contribution in [0, 0.1) is 0 Å². The molecule has 1 saturated carbocycles. The molecule has 14 heavy (non-hydrogen) atoms. The van der Waals surface area contributed by atoms with Gasteiger partial charge in [-0.3, -0.25) is 4.79 Å². The standard InChI is InChI=1S/C8H13N5O/c9-3-8(1-2-8)13-6-5(10)7(14)12-4-11-6/h4H,1-3,9-10H2,(H2,11,12,13,14). The molecule has 6 heteroatoms. The van der Waals surface area contributed by atoms with Crippen molar-refractivity contribution in [2.24, 2.45) is 5.73 Å². The van der Waals surface area contributed by atoms with Crippen LogP contribution in [0.1, 0.15) is 12.8 Å². The van der Waals surface area contributed by atoms with Gasteiger partial charge in [-0.25, -0.2) is 4.98 Å². The number of nitrogens with zero attached hydrogens (tertiary/aromatic N) is 1. The van der Waals surface area contributed by atoms with Crippen LogP contribution in [0.5, 0.6) is 0 Å². The number of nitrogens with one attached hydrogen (secondary N) is 2. The second kappa shape index (κ2) is 2.98. The maximum absolute atomic E-state index is 11.1. The van der Waals surface area contributed by atoms with E-state index in [1.54, 1.807) is 0 Å². The lowest BCUT2D eigenvalue weighted by molar-refractivity contribution is 0.736. The molecule has 1 aromatic rings. The van der Waals surface area contributed by atoms with Gasteiger partial charge in [-0.1, -0.05) is 0 Å². The summed E-state index contributed by atoms with van der Waals surface area (Å²) >= 11 is 0. The summed E-state index contributed by atoms with van der Waals surface area (Å²) < 4.78 is 0. The van der Waals surface area contributed by atoms with E-state index in [0.29, 0.717) is 12.4 Å². The highest BCUT2D eigenvalue weighted by Gasteiger charge is 2.41. The molecule has 76 valence electrons. The molecule has 0 radical (unpaired) electrons. The van der Waals surface area contributed by atoms with Gasteiger partial charge in [0.05, 0.1) is 11.9 Å². The van der Waals surface area contributed by atoms with Crippen LogP contribution in [-0.2, 0) is 0 Å². The van der Waals surface area contributed by atoms with E-state index < -0.39 is 0 Å². The predicted molar refractivity (Wildman–Crippen MR) is 53.9 cm³/mol. The summed E-state index contributed by atoms with van der Waals surface area (Å²) in [5.74, 6) is 0.428. The Kier molecular flexibility index (Phi) is 1.92. The van der Waals surface area contributed by atoms with Gasteiger partial charge < -0.3 is 21.8 Å². The van der Waals surface area contributed by atoms with Gasteiger partial charge in [-0.2, -0.15) is 0 Å². The van der Waals surface area contributed by atoms with Crippen LogP contribution in [-0.4, -0.2) is 22.1 Å². The summed E-state index contributed by atoms with van der Waals surface area (Å²) in [6, 6.07) is 0. The van der Waals surface area contributed by atoms with Crippen LogP contribution in [0.15, 0.2) is 11.1 Å². The molecule has 1 aromatic heterocycles. The highest BCUT2D eigenvalue weighted by Crippen LogP contribution is 2.37. The number of aromatic amines is 1. The third-order valence-electron chi connectivity index (χ3n) is 2.52. The van der Waals surface area contributed by atoms with Gasteiger partial charge >= 0.3 is 0 Å². The molecule has 1 fully saturated rings. The fourth-order valence-corrected chi connectivity index (χ4v) is 1.29. The van der Waals surface area contributed by atoms with E-state index in [0.717, 1.165) is 12.8 Å². The molecule has 1 heterocycles. The Morgan fingerprint density at radius 1 is 1.64 bits per heavy atom. The fraction of sp³-hybridized carbons (Fsp3) is 0.500. The average Bonchev–Trinajstić information content (AvgIpc) is 2.94. The lowest BCUT2D eigenvalue weighted by Gasteiger charge is -2.15. The van der Waals surface area contributed by atoms with E-state index in [4.69, 9.17) is 11.5 Å². The number of hydrogen-bond acceptors (Lipinski definition) is 5. The van der Waals surface area contributed by atoms with Crippen molar-refractivity contribution in [3.05, 3.63) is 16.7 Å². The van der Waals surface area contributed by atoms with Crippen molar-refractivity contribution in [2.75, 3.05) is 17.6 Å². The topological polar surface area (TPSA) is 110 Å². The summed E-state index contributed by atoms with van der Waals surface area (Å²) in [7, 11) is 0. The first kappa shape index (κ1) is 9.01. The minimum Gasteiger partial charge on any atom is -0.391 e. The number of nitrogens with two attached hydrogens (primary N) is 2. The first-order chi connectivity index (χ1) is 6.67. The number of nitrogen functional groups attached to an aromatic ring is 1. The molecule has 6 nitrogen and oxygen atoms in total. The van der Waals surface area contributed by atoms with Crippen molar-refractivity contribution < 1.29 is 0 Å². The molecule has 0 spiro atoms. The molecule has 0 aliphatic heterocycles. The average molecular weight is 195 g/mol. The summed E-state index contributed by atoms with van der Waals surface area (Å²) in [5.41, 5.74) is 10.9. The van der Waals surface area contributed by atoms with Crippen LogP contribution >= 0.6 is 0 Å². The zero-order valence-corrected chi connectivity index (χ0v) is 7.71. The largest absolute Gasteiger partial charge is 0.391 e. The third kappa shape index (κ3) is 1.44. The zero-order chi connectivity index (χ0) is 10.2. The number of aromatic nitrogens is 2. The van der Waals surface area contributed by atoms with Crippen molar-refractivity contribution in [3.63, 3.8) is 0 Å². The van der Waals surface area contributed by atoms with E-state index in [9.17, 15) is 4.79 Å². The second-order valence-corrected chi connectivity index (χ2v) is 3.60. The molecule has 0 unspecified atom stereocenters. The quantitative estimate of drug-likeness (QED) is 0.507. The smallest absolute Gasteiger partial charge is 0.276 e. The molecule has 2 rings (SSSR count). The van der Waals surface area contributed by atoms with Crippen molar-refractivity contribution in [1.29, 1.82) is 0 Å². The van der Waals surface area contributed by atoms with E-state index >= 15 is 0 Å². The van der Waals surface area contributed by atoms with Crippen LogP contribution < -0.4 is 22.3 Å². The normalized spacial score (nSPS) is 17.8. The Morgan fingerprint density at radius 3 is 2.93 bits per heavy atom. The van der Waals surface area contributed by atoms with Crippen LogP contribution in [0.4, 0.5) is 11.5 Å². The van der Waals surface area contributed by atoms with Crippen LogP contribution in [0.25, 0.3) is 0 Å². The predicted octanol–water partition coefficient (Wildman–Crippen LogP) is -0.745. The van der Waals surface area contributed by atoms with E-state index in [2.05, 4.69) is 15.3 Å². The van der Waals surface area contributed by atoms with E-state index in [1.165, 1.54) is 6.33 Å². The van der Waals surface area contributed by atoms with Crippen molar-refractivity contribution >= 4 is 11.5 Å². The van der Waals surface area contributed by atoms with Gasteiger partial charge in [0.2, 0.25) is 0 Å². The molecular weight excluding hydrogens is 182 g/mol. The summed E-state index contributed by atoms with van der Waals surface area (Å²) in [6.07, 6.45) is 3.32. The second-order valence-electron chi connectivity index (χ2n) is 3.60. The molecule has 0 bridgehead atoms. The van der Waals surface area contributed by atoms with Gasteiger partial charge in [-0.15, -0.1) is 0 Å². The number of hydrogen-bond donors (Lipinski definition) is 4. The lowest BCUT2D eigenvalue weighted by atomic mass is 10.2. The summed E-state index contributed by atoms with van der Waals surface area (Å²) in [6.45, 7) is 0.529. The van der Waals surface area contributed by atoms with Gasteiger partial charge in [0.15, 0.2) is 5.82 Å². The number of rotatable bonds is 3. The SMILES string of the molecule is NCC1(Nc2nc[nH]c(=O)c2N)CC1. The molecule has 0 aromatic carbocycles. The minimum atomic E-state index is -0.324. The maximum atomic E-state index is 11.1. The van der Waals surface area contributed by atoms with Gasteiger partial charge in [0, 0.05) is 6.54 Å². The van der Waals surface area contributed by atoms with Crippen molar-refractivity contribution in [3.8, 4) is 0 Å². The van der Waals surface area contributed by atoms with Gasteiger partial charge in [-0.05, 0) is 12.8 Å². The highest BCUT2D eigenvalue weighted by molar-refractivity contribution is 5.61. The van der Waals surface area contributed by atoms with E-state index in [-0.39, 0.29) is 16.8 Å². The fourth-order valence-electron chi connectivity index (χ4n) is 1.29. The first-order valence-corrected chi connectivity index (χ1v) is 4.48. The maximum Gasteiger partial charge on any atom is 0.276 e. The molecule has 1 aliphatic rings. The number of H-pyrrole nitrogens is 1. The minimum absolute atomic E-state index is 0.0884. The van der Waals surface area contributed by atoms with E-state index in [1.807, 2.05) is 0 Å². The van der Waals surface area contributed by atoms with Crippen molar-refractivity contribution in [2.45, 2.75) is 18.4 Å². The summed E-state index contributed by atoms with van der Waals surface area (Å²) in [5, 5.41) is 3.11. The van der Waals surface area contributed by atoms with Gasteiger partial charge in [0.1, 0.15) is 5.69 Å². The molecule has 0 atom stereocenters. The molecule has 1 aliphatic carbocycles.